The van der Waals surface area contributed by atoms with Gasteiger partial charge in [0.15, 0.2) is 0 Å². The Kier molecular flexibility index (Phi) is 2.51. The molecule has 0 bridgehead atoms. The van der Waals surface area contributed by atoms with Crippen molar-refractivity contribution in [2.24, 2.45) is 0 Å². The number of carboxylic acids is 1. The van der Waals surface area contributed by atoms with E-state index in [2.05, 4.69) is 4.98 Å². The zero-order valence-electron chi connectivity index (χ0n) is 8.20. The Bertz CT molecular complexity index is 526. The molecule has 0 aliphatic rings. The second kappa shape index (κ2) is 3.98. The summed E-state index contributed by atoms with van der Waals surface area (Å²) in [4.78, 5) is 14.6. The molecule has 0 aliphatic carbocycles. The smallest absolute Gasteiger partial charge is 0.402 e. The van der Waals surface area contributed by atoms with Gasteiger partial charge in [-0.1, -0.05) is 0 Å². The van der Waals surface area contributed by atoms with Gasteiger partial charge in [-0.15, -0.1) is 0 Å². The van der Waals surface area contributed by atoms with Crippen molar-refractivity contribution in [3.8, 4) is 11.3 Å². The lowest BCUT2D eigenvalue weighted by molar-refractivity contribution is -0.596. The molecule has 2 rings (SSSR count). The summed E-state index contributed by atoms with van der Waals surface area (Å²) in [5.41, 5.74) is 0.629. The standard InChI is InChI=1S/C11H8N2O3/c14-11(15)10-3-1-2-9(13(10)16)8-4-6-12-7-5-8/h1-7H,(H,14,15). The maximum Gasteiger partial charge on any atom is 0.402 e. The van der Waals surface area contributed by atoms with Crippen LogP contribution >= 0.6 is 0 Å². The van der Waals surface area contributed by atoms with Crippen molar-refractivity contribution in [3.63, 3.8) is 0 Å². The molecule has 1 N–H and O–H groups in total. The van der Waals surface area contributed by atoms with Crippen LogP contribution in [0.25, 0.3) is 11.3 Å². The minimum atomic E-state index is -1.24. The van der Waals surface area contributed by atoms with Crippen molar-refractivity contribution in [2.75, 3.05) is 0 Å². The first kappa shape index (κ1) is 10.1. The minimum absolute atomic E-state index is 0.294. The SMILES string of the molecule is O=C(O)c1cccc(-c2ccncc2)[n+]1[O-]. The molecule has 0 amide bonds. The fourth-order valence-corrected chi connectivity index (χ4v) is 1.39. The van der Waals surface area contributed by atoms with Gasteiger partial charge >= 0.3 is 11.7 Å². The van der Waals surface area contributed by atoms with E-state index in [1.165, 1.54) is 12.1 Å². The lowest BCUT2D eigenvalue weighted by atomic mass is 10.1. The third-order valence-electron chi connectivity index (χ3n) is 2.14. The van der Waals surface area contributed by atoms with E-state index in [4.69, 9.17) is 5.11 Å². The molecule has 2 heterocycles. The highest BCUT2D eigenvalue weighted by molar-refractivity contribution is 5.84. The van der Waals surface area contributed by atoms with Gasteiger partial charge in [0, 0.05) is 24.5 Å². The number of carbonyl (C=O) groups is 1. The van der Waals surface area contributed by atoms with E-state index in [1.807, 2.05) is 0 Å². The first-order valence-electron chi connectivity index (χ1n) is 4.56. The summed E-state index contributed by atoms with van der Waals surface area (Å²) in [6, 6.07) is 7.66. The van der Waals surface area contributed by atoms with Crippen LogP contribution in [0.5, 0.6) is 0 Å². The quantitative estimate of drug-likeness (QED) is 0.602. The molecule has 0 fully saturated rings. The minimum Gasteiger partial charge on any atom is -0.618 e. The second-order valence-corrected chi connectivity index (χ2v) is 3.13. The molecule has 0 aromatic carbocycles. The number of carboxylic acid groups (broad SMARTS) is 1. The van der Waals surface area contributed by atoms with Gasteiger partial charge in [0.25, 0.3) is 0 Å². The monoisotopic (exact) mass is 216 g/mol. The molecular weight excluding hydrogens is 208 g/mol. The van der Waals surface area contributed by atoms with Gasteiger partial charge in [-0.2, -0.15) is 4.73 Å². The molecule has 0 saturated heterocycles. The fraction of sp³-hybridized carbons (Fsp3) is 0. The average Bonchev–Trinajstić information content (AvgIpc) is 2.30. The zero-order chi connectivity index (χ0) is 11.5. The molecule has 2 aromatic heterocycles. The van der Waals surface area contributed by atoms with Gasteiger partial charge in [-0.3, -0.25) is 4.98 Å². The Balaban J connectivity index is 2.59. The second-order valence-electron chi connectivity index (χ2n) is 3.13. The van der Waals surface area contributed by atoms with Crippen LogP contribution in [0.15, 0.2) is 42.7 Å². The van der Waals surface area contributed by atoms with E-state index in [1.54, 1.807) is 30.6 Å². The Morgan fingerprint density at radius 3 is 2.56 bits per heavy atom. The Hall–Kier alpha value is -2.43. The van der Waals surface area contributed by atoms with Crippen molar-refractivity contribution < 1.29 is 14.6 Å². The number of nitrogens with zero attached hydrogens (tertiary/aromatic N) is 2. The van der Waals surface area contributed by atoms with Crippen LogP contribution in [-0.2, 0) is 0 Å². The Morgan fingerprint density at radius 2 is 1.94 bits per heavy atom. The van der Waals surface area contributed by atoms with Gasteiger partial charge in [0.2, 0.25) is 5.69 Å². The van der Waals surface area contributed by atoms with Gasteiger partial charge in [-0.25, -0.2) is 4.79 Å². The summed E-state index contributed by atoms with van der Waals surface area (Å²) >= 11 is 0. The fourth-order valence-electron chi connectivity index (χ4n) is 1.39. The number of aromatic carboxylic acids is 1. The van der Waals surface area contributed by atoms with Crippen LogP contribution in [-0.4, -0.2) is 16.1 Å². The van der Waals surface area contributed by atoms with Crippen molar-refractivity contribution in [1.82, 2.24) is 4.98 Å². The van der Waals surface area contributed by atoms with Crippen molar-refractivity contribution in [3.05, 3.63) is 53.6 Å². The summed E-state index contributed by atoms with van der Waals surface area (Å²) in [5, 5.41) is 20.5. The number of rotatable bonds is 2. The molecule has 0 aliphatic heterocycles. The number of hydrogen-bond donors (Lipinski definition) is 1. The topological polar surface area (TPSA) is 77.1 Å². The van der Waals surface area contributed by atoms with E-state index >= 15 is 0 Å². The highest BCUT2D eigenvalue weighted by Gasteiger charge is 2.18. The van der Waals surface area contributed by atoms with Crippen LogP contribution in [0.4, 0.5) is 0 Å². The molecule has 0 spiro atoms. The van der Waals surface area contributed by atoms with Crippen LogP contribution in [0.3, 0.4) is 0 Å². The average molecular weight is 216 g/mol. The normalized spacial score (nSPS) is 10.0. The van der Waals surface area contributed by atoms with Crippen molar-refractivity contribution >= 4 is 5.97 Å². The first-order valence-corrected chi connectivity index (χ1v) is 4.56. The number of aromatic nitrogens is 2. The van der Waals surface area contributed by atoms with Crippen molar-refractivity contribution in [1.29, 1.82) is 0 Å². The summed E-state index contributed by atoms with van der Waals surface area (Å²) < 4.78 is 0.400. The molecule has 0 unspecified atom stereocenters. The van der Waals surface area contributed by atoms with Crippen LogP contribution in [0.2, 0.25) is 0 Å². The summed E-state index contributed by atoms with van der Waals surface area (Å²) in [6.45, 7) is 0. The predicted molar refractivity (Wildman–Crippen MR) is 55.6 cm³/mol. The summed E-state index contributed by atoms with van der Waals surface area (Å²) in [5.74, 6) is -1.24. The van der Waals surface area contributed by atoms with E-state index in [-0.39, 0.29) is 5.69 Å². The molecule has 5 nitrogen and oxygen atoms in total. The molecule has 80 valence electrons. The lowest BCUT2D eigenvalue weighted by Crippen LogP contribution is -2.36. The van der Waals surface area contributed by atoms with Crippen LogP contribution < -0.4 is 4.73 Å². The maximum absolute atomic E-state index is 11.7. The summed E-state index contributed by atoms with van der Waals surface area (Å²) in [6.07, 6.45) is 3.09. The van der Waals surface area contributed by atoms with E-state index in [9.17, 15) is 10.0 Å². The van der Waals surface area contributed by atoms with Gasteiger partial charge in [0.1, 0.15) is 0 Å². The van der Waals surface area contributed by atoms with Crippen LogP contribution in [0, 0.1) is 5.21 Å². The molecule has 0 atom stereocenters. The lowest BCUT2D eigenvalue weighted by Gasteiger charge is -2.06. The Morgan fingerprint density at radius 1 is 1.25 bits per heavy atom. The van der Waals surface area contributed by atoms with E-state index in [0.29, 0.717) is 16.0 Å². The Labute approximate surface area is 91.2 Å². The predicted octanol–water partition coefficient (Wildman–Crippen LogP) is 1.08. The highest BCUT2D eigenvalue weighted by atomic mass is 16.5. The number of pyridine rings is 2. The van der Waals surface area contributed by atoms with Gasteiger partial charge in [0.05, 0.1) is 5.56 Å². The van der Waals surface area contributed by atoms with Crippen LogP contribution in [0.1, 0.15) is 10.5 Å². The maximum atomic E-state index is 11.7. The molecule has 0 saturated carbocycles. The molecule has 2 aromatic rings. The highest BCUT2D eigenvalue weighted by Crippen LogP contribution is 2.13. The first-order chi connectivity index (χ1) is 7.70. The van der Waals surface area contributed by atoms with E-state index < -0.39 is 5.97 Å². The molecule has 5 heteroatoms. The van der Waals surface area contributed by atoms with Gasteiger partial charge < -0.3 is 10.3 Å². The molecule has 0 radical (unpaired) electrons. The molecular formula is C11H8N2O3. The third-order valence-corrected chi connectivity index (χ3v) is 2.14. The van der Waals surface area contributed by atoms with E-state index in [0.717, 1.165) is 0 Å². The molecule has 16 heavy (non-hydrogen) atoms. The largest absolute Gasteiger partial charge is 0.618 e. The third kappa shape index (κ3) is 1.70. The van der Waals surface area contributed by atoms with Crippen molar-refractivity contribution in [2.45, 2.75) is 0 Å². The number of hydrogen-bond acceptors (Lipinski definition) is 3. The van der Waals surface area contributed by atoms with Gasteiger partial charge in [-0.05, 0) is 18.2 Å². The summed E-state index contributed by atoms with van der Waals surface area (Å²) in [7, 11) is 0. The zero-order valence-corrected chi connectivity index (χ0v) is 8.20.